The van der Waals surface area contributed by atoms with Crippen LogP contribution >= 0.6 is 0 Å². The molecular weight excluding hydrogens is 460 g/mol. The molecule has 0 spiro atoms. The van der Waals surface area contributed by atoms with Crippen molar-refractivity contribution in [2.75, 3.05) is 31.7 Å². The molecule has 0 bridgehead atoms. The van der Waals surface area contributed by atoms with E-state index in [0.717, 1.165) is 11.4 Å². The maximum absolute atomic E-state index is 13.1. The third-order valence-electron chi connectivity index (χ3n) is 5.19. The maximum atomic E-state index is 13.1. The van der Waals surface area contributed by atoms with E-state index >= 15 is 0 Å². The summed E-state index contributed by atoms with van der Waals surface area (Å²) in [5.41, 5.74) is 3.15. The molecule has 0 unspecified atom stereocenters. The van der Waals surface area contributed by atoms with Gasteiger partial charge >= 0.3 is 0 Å². The van der Waals surface area contributed by atoms with Crippen molar-refractivity contribution in [3.8, 4) is 28.7 Å². The lowest BCUT2D eigenvalue weighted by Gasteiger charge is -2.17. The monoisotopic (exact) mass is 490 g/mol. The van der Waals surface area contributed by atoms with Crippen LogP contribution in [0.25, 0.3) is 16.7 Å². The van der Waals surface area contributed by atoms with Gasteiger partial charge in [-0.15, -0.1) is 10.2 Å². The molecule has 0 radical (unpaired) electrons. The van der Waals surface area contributed by atoms with Gasteiger partial charge in [-0.1, -0.05) is 0 Å². The Kier molecular flexibility index (Phi) is 7.89. The van der Waals surface area contributed by atoms with E-state index in [2.05, 4.69) is 15.5 Å². The fourth-order valence-electron chi connectivity index (χ4n) is 3.67. The Morgan fingerprint density at radius 2 is 1.36 bits per heavy atom. The molecule has 9 nitrogen and oxygen atoms in total. The molecule has 0 saturated heterocycles. The predicted octanol–water partition coefficient (Wildman–Crippen LogP) is 5.27. The lowest BCUT2D eigenvalue weighted by atomic mass is 10.1. The molecule has 1 aromatic heterocycles. The van der Waals surface area contributed by atoms with Crippen LogP contribution in [0, 0.1) is 0 Å². The largest absolute Gasteiger partial charge is 0.494 e. The van der Waals surface area contributed by atoms with Crippen LogP contribution in [0.2, 0.25) is 0 Å². The van der Waals surface area contributed by atoms with E-state index in [1.807, 2.05) is 58.0 Å². The molecule has 3 aromatic carbocycles. The third kappa shape index (κ3) is 5.51. The number of hydrogen-bond donors (Lipinski definition) is 1. The van der Waals surface area contributed by atoms with Gasteiger partial charge in [0, 0.05) is 11.3 Å². The topological polar surface area (TPSA) is 96.7 Å². The summed E-state index contributed by atoms with van der Waals surface area (Å²) in [7, 11) is 0. The molecule has 1 heterocycles. The first-order valence-electron chi connectivity index (χ1n) is 12.0. The Hall–Kier alpha value is -4.27. The lowest BCUT2D eigenvalue weighted by Crippen LogP contribution is -2.13. The number of nitrogens with zero attached hydrogens (tertiary/aromatic N) is 3. The maximum Gasteiger partial charge on any atom is 0.255 e. The van der Waals surface area contributed by atoms with Crippen LogP contribution in [0.15, 0.2) is 54.6 Å². The Morgan fingerprint density at radius 1 is 0.750 bits per heavy atom. The number of carbonyl (C=O) groups is 1. The van der Waals surface area contributed by atoms with Crippen LogP contribution in [-0.2, 0) is 0 Å². The van der Waals surface area contributed by atoms with Gasteiger partial charge in [0.15, 0.2) is 11.5 Å². The van der Waals surface area contributed by atoms with Crippen molar-refractivity contribution in [2.45, 2.75) is 27.7 Å². The van der Waals surface area contributed by atoms with Gasteiger partial charge in [0.05, 0.1) is 32.1 Å². The molecule has 1 N–H and O–H groups in total. The van der Waals surface area contributed by atoms with Gasteiger partial charge in [0.2, 0.25) is 5.75 Å². The van der Waals surface area contributed by atoms with Gasteiger partial charge in [0.25, 0.3) is 5.91 Å². The second-order valence-corrected chi connectivity index (χ2v) is 7.67. The smallest absolute Gasteiger partial charge is 0.255 e. The zero-order valence-electron chi connectivity index (χ0n) is 20.9. The summed E-state index contributed by atoms with van der Waals surface area (Å²) in [4.78, 5) is 14.7. The molecule has 0 aliphatic carbocycles. The predicted molar refractivity (Wildman–Crippen MR) is 138 cm³/mol. The van der Waals surface area contributed by atoms with Crippen LogP contribution in [0.5, 0.6) is 23.0 Å². The van der Waals surface area contributed by atoms with E-state index < -0.39 is 0 Å². The van der Waals surface area contributed by atoms with Crippen LogP contribution in [0.1, 0.15) is 38.1 Å². The van der Waals surface area contributed by atoms with Gasteiger partial charge in [-0.2, -0.15) is 4.80 Å². The Labute approximate surface area is 209 Å². The van der Waals surface area contributed by atoms with Crippen LogP contribution in [-0.4, -0.2) is 47.3 Å². The van der Waals surface area contributed by atoms with Crippen molar-refractivity contribution >= 4 is 22.6 Å². The summed E-state index contributed by atoms with van der Waals surface area (Å²) >= 11 is 0. The number of anilines is 1. The van der Waals surface area contributed by atoms with Crippen LogP contribution < -0.4 is 24.3 Å². The van der Waals surface area contributed by atoms with Crippen molar-refractivity contribution in [1.29, 1.82) is 0 Å². The number of ether oxygens (including phenoxy) is 4. The van der Waals surface area contributed by atoms with E-state index in [9.17, 15) is 4.79 Å². The van der Waals surface area contributed by atoms with Gasteiger partial charge in [-0.05, 0) is 82.3 Å². The number of rotatable bonds is 11. The average Bonchev–Trinajstić information content (AvgIpc) is 3.30. The molecule has 0 fully saturated rings. The standard InChI is InChI=1S/C27H30N4O5/c1-5-33-21-12-10-20(11-13-21)31-29-22-14-9-19(17-23(22)30-31)28-27(32)18-15-24(34-6-2)26(36-8-4)25(16-18)35-7-3/h9-17H,5-8H2,1-4H3,(H,28,32). The van der Waals surface area contributed by atoms with E-state index in [4.69, 9.17) is 18.9 Å². The number of hydrogen-bond acceptors (Lipinski definition) is 7. The summed E-state index contributed by atoms with van der Waals surface area (Å²) in [6.07, 6.45) is 0. The highest BCUT2D eigenvalue weighted by Gasteiger charge is 2.19. The zero-order valence-corrected chi connectivity index (χ0v) is 20.9. The Bertz CT molecular complexity index is 1310. The summed E-state index contributed by atoms with van der Waals surface area (Å²) in [5, 5.41) is 12.0. The summed E-state index contributed by atoms with van der Waals surface area (Å²) < 4.78 is 22.7. The quantitative estimate of drug-likeness (QED) is 0.306. The number of fused-ring (bicyclic) bond motifs is 1. The average molecular weight is 491 g/mol. The molecule has 0 saturated carbocycles. The van der Waals surface area contributed by atoms with E-state index in [1.165, 1.54) is 0 Å². The van der Waals surface area contributed by atoms with Crippen LogP contribution in [0.4, 0.5) is 5.69 Å². The molecule has 0 atom stereocenters. The Balaban J connectivity index is 1.58. The normalized spacial score (nSPS) is 10.8. The van der Waals surface area contributed by atoms with Crippen molar-refractivity contribution in [1.82, 2.24) is 15.0 Å². The van der Waals surface area contributed by atoms with E-state index in [1.54, 1.807) is 29.1 Å². The Morgan fingerprint density at radius 3 is 1.97 bits per heavy atom. The van der Waals surface area contributed by atoms with Crippen molar-refractivity contribution < 1.29 is 23.7 Å². The van der Waals surface area contributed by atoms with Gasteiger partial charge < -0.3 is 24.3 Å². The number of nitrogens with one attached hydrogen (secondary N) is 1. The number of carbonyl (C=O) groups excluding carboxylic acids is 1. The molecule has 0 aliphatic heterocycles. The molecule has 9 heteroatoms. The summed E-state index contributed by atoms with van der Waals surface area (Å²) in [5.74, 6) is 1.90. The minimum absolute atomic E-state index is 0.307. The molecule has 1 amide bonds. The minimum atomic E-state index is -0.307. The lowest BCUT2D eigenvalue weighted by molar-refractivity contribution is 0.102. The van der Waals surface area contributed by atoms with Crippen molar-refractivity contribution in [2.24, 2.45) is 0 Å². The molecule has 4 rings (SSSR count). The number of benzene rings is 3. The van der Waals surface area contributed by atoms with E-state index in [0.29, 0.717) is 66.0 Å². The van der Waals surface area contributed by atoms with Gasteiger partial charge in [0.1, 0.15) is 16.8 Å². The second kappa shape index (κ2) is 11.4. The van der Waals surface area contributed by atoms with Crippen LogP contribution in [0.3, 0.4) is 0 Å². The molecule has 4 aromatic rings. The fourth-order valence-corrected chi connectivity index (χ4v) is 3.67. The molecular formula is C27H30N4O5. The van der Waals surface area contributed by atoms with Crippen molar-refractivity contribution in [3.05, 3.63) is 60.2 Å². The first-order chi connectivity index (χ1) is 17.6. The summed E-state index contributed by atoms with van der Waals surface area (Å²) in [6, 6.07) is 16.3. The first kappa shape index (κ1) is 24.8. The fraction of sp³-hybridized carbons (Fsp3) is 0.296. The van der Waals surface area contributed by atoms with E-state index in [-0.39, 0.29) is 5.91 Å². The first-order valence-corrected chi connectivity index (χ1v) is 12.0. The highest BCUT2D eigenvalue weighted by atomic mass is 16.5. The molecule has 188 valence electrons. The highest BCUT2D eigenvalue weighted by Crippen LogP contribution is 2.39. The SMILES string of the molecule is CCOc1ccc(-n2nc3ccc(NC(=O)c4cc(OCC)c(OCC)c(OCC)c4)cc3n2)cc1. The van der Waals surface area contributed by atoms with Gasteiger partial charge in [-0.25, -0.2) is 0 Å². The molecule has 36 heavy (non-hydrogen) atoms. The third-order valence-corrected chi connectivity index (χ3v) is 5.19. The minimum Gasteiger partial charge on any atom is -0.494 e. The number of amides is 1. The molecule has 0 aliphatic rings. The number of aromatic nitrogens is 3. The second-order valence-electron chi connectivity index (χ2n) is 7.67. The highest BCUT2D eigenvalue weighted by molar-refractivity contribution is 6.05. The summed E-state index contributed by atoms with van der Waals surface area (Å²) in [6.45, 7) is 9.48. The van der Waals surface area contributed by atoms with Crippen molar-refractivity contribution in [3.63, 3.8) is 0 Å². The zero-order chi connectivity index (χ0) is 25.5. The van der Waals surface area contributed by atoms with Gasteiger partial charge in [-0.3, -0.25) is 4.79 Å².